The van der Waals surface area contributed by atoms with Crippen molar-refractivity contribution in [3.8, 4) is 23.0 Å². The third-order valence-corrected chi connectivity index (χ3v) is 5.14. The predicted molar refractivity (Wildman–Crippen MR) is 117 cm³/mol. The lowest BCUT2D eigenvalue weighted by molar-refractivity contribution is 0.0845. The van der Waals surface area contributed by atoms with Crippen LogP contribution in [0.2, 0.25) is 0 Å². The number of rotatable bonds is 6. The van der Waals surface area contributed by atoms with Gasteiger partial charge in [-0.25, -0.2) is 0 Å². The number of ketones is 1. The number of allylic oxidation sites excluding steroid dienone is 3. The van der Waals surface area contributed by atoms with Gasteiger partial charge in [0.1, 0.15) is 34.7 Å². The molecule has 0 fully saturated rings. The molecule has 1 aliphatic heterocycles. The van der Waals surface area contributed by atoms with E-state index in [1.54, 1.807) is 12.1 Å². The number of carbonyl (C=O) groups is 1. The summed E-state index contributed by atoms with van der Waals surface area (Å²) in [6.07, 6.45) is 6.68. The van der Waals surface area contributed by atoms with Crippen LogP contribution in [-0.4, -0.2) is 21.1 Å². The number of aromatic hydroxyl groups is 3. The number of unbranched alkanes of at least 4 members (excludes halogenated alkanes) is 1. The Balaban J connectivity index is 1.80. The van der Waals surface area contributed by atoms with Gasteiger partial charge in [-0.1, -0.05) is 29.4 Å². The van der Waals surface area contributed by atoms with Crippen molar-refractivity contribution >= 4 is 11.9 Å². The third kappa shape index (κ3) is 5.03. The molecule has 2 aromatic carbocycles. The van der Waals surface area contributed by atoms with Crippen LogP contribution in [0.5, 0.6) is 23.0 Å². The van der Waals surface area contributed by atoms with E-state index < -0.39 is 6.10 Å². The second kappa shape index (κ2) is 9.08. The van der Waals surface area contributed by atoms with Crippen molar-refractivity contribution in [3.63, 3.8) is 0 Å². The number of hydrogen-bond donors (Lipinski definition) is 3. The highest BCUT2D eigenvalue weighted by atomic mass is 16.5. The summed E-state index contributed by atoms with van der Waals surface area (Å²) in [5.74, 6) is -0.377. The molecule has 1 aliphatic rings. The van der Waals surface area contributed by atoms with Crippen LogP contribution in [0, 0.1) is 0 Å². The summed E-state index contributed by atoms with van der Waals surface area (Å²) in [6.45, 7) is 6.22. The van der Waals surface area contributed by atoms with Crippen LogP contribution in [0.15, 0.2) is 47.6 Å². The molecular formula is C25H28O5. The van der Waals surface area contributed by atoms with Gasteiger partial charge in [0.15, 0.2) is 5.78 Å². The number of benzene rings is 2. The van der Waals surface area contributed by atoms with Crippen LogP contribution in [-0.2, 0) is 0 Å². The zero-order valence-electron chi connectivity index (χ0n) is 17.6. The summed E-state index contributed by atoms with van der Waals surface area (Å²) >= 11 is 0. The molecule has 5 nitrogen and oxygen atoms in total. The average Bonchev–Trinajstić information content (AvgIpc) is 2.66. The minimum Gasteiger partial charge on any atom is -0.508 e. The van der Waals surface area contributed by atoms with E-state index in [0.717, 1.165) is 36.5 Å². The molecule has 30 heavy (non-hydrogen) atoms. The van der Waals surface area contributed by atoms with Gasteiger partial charge in [0, 0.05) is 17.7 Å². The van der Waals surface area contributed by atoms with Crippen molar-refractivity contribution in [2.75, 3.05) is 0 Å². The van der Waals surface area contributed by atoms with E-state index in [4.69, 9.17) is 4.74 Å². The van der Waals surface area contributed by atoms with Gasteiger partial charge in [0.05, 0.1) is 6.42 Å². The van der Waals surface area contributed by atoms with Crippen molar-refractivity contribution in [2.45, 2.75) is 52.6 Å². The lowest BCUT2D eigenvalue weighted by Gasteiger charge is -2.26. The largest absolute Gasteiger partial charge is 0.508 e. The van der Waals surface area contributed by atoms with E-state index in [0.29, 0.717) is 5.56 Å². The fourth-order valence-electron chi connectivity index (χ4n) is 3.61. The fourth-order valence-corrected chi connectivity index (χ4v) is 3.61. The Labute approximate surface area is 177 Å². The number of hydrogen-bond acceptors (Lipinski definition) is 5. The monoisotopic (exact) mass is 408 g/mol. The molecule has 0 radical (unpaired) electrons. The van der Waals surface area contributed by atoms with E-state index in [-0.39, 0.29) is 40.8 Å². The molecule has 0 aromatic heterocycles. The summed E-state index contributed by atoms with van der Waals surface area (Å²) in [5, 5.41) is 30.0. The standard InChI is InChI=1S/C25H28O5/c1-15(2)6-4-5-7-16(3)10-18-11-17(8-9-20(18)27)23-14-22(29)25-21(28)12-19(26)13-24(25)30-23/h6,8-13,23,26-28H,4-5,7,14H2,1-3H3/b16-10+/t23-/m0/s1. The smallest absolute Gasteiger partial charge is 0.174 e. The Hall–Kier alpha value is -3.21. The fraction of sp³-hybridized carbons (Fsp3) is 0.320. The van der Waals surface area contributed by atoms with Crippen LogP contribution < -0.4 is 4.74 Å². The Morgan fingerprint density at radius 3 is 2.60 bits per heavy atom. The van der Waals surface area contributed by atoms with Crippen LogP contribution in [0.25, 0.3) is 6.08 Å². The number of Topliss-reactive ketones (excluding diaryl/α,β-unsaturated/α-hetero) is 1. The summed E-state index contributed by atoms with van der Waals surface area (Å²) in [5.41, 5.74) is 3.99. The Morgan fingerprint density at radius 2 is 1.87 bits per heavy atom. The molecule has 5 heteroatoms. The van der Waals surface area contributed by atoms with Crippen molar-refractivity contribution in [2.24, 2.45) is 0 Å². The van der Waals surface area contributed by atoms with Gasteiger partial charge in [-0.15, -0.1) is 0 Å². The molecule has 3 N–H and O–H groups in total. The van der Waals surface area contributed by atoms with Crippen LogP contribution >= 0.6 is 0 Å². The Morgan fingerprint density at radius 1 is 1.10 bits per heavy atom. The SMILES string of the molecule is CC(C)=CCCC/C(C)=C/c1cc([C@@H]2CC(=O)c3c(O)cc(O)cc3O2)ccc1O. The molecule has 2 aromatic rings. The maximum Gasteiger partial charge on any atom is 0.174 e. The first-order valence-corrected chi connectivity index (χ1v) is 10.1. The molecule has 0 bridgehead atoms. The second-order valence-electron chi connectivity index (χ2n) is 8.05. The molecule has 0 aliphatic carbocycles. The van der Waals surface area contributed by atoms with E-state index in [1.165, 1.54) is 11.6 Å². The van der Waals surface area contributed by atoms with Gasteiger partial charge in [0.2, 0.25) is 0 Å². The van der Waals surface area contributed by atoms with Crippen LogP contribution in [0.3, 0.4) is 0 Å². The minimum absolute atomic E-state index is 0.0704. The van der Waals surface area contributed by atoms with Gasteiger partial charge in [-0.05, 0) is 57.7 Å². The molecule has 1 heterocycles. The van der Waals surface area contributed by atoms with Crippen molar-refractivity contribution < 1.29 is 24.9 Å². The average molecular weight is 408 g/mol. The van der Waals surface area contributed by atoms with Crippen LogP contribution in [0.4, 0.5) is 0 Å². The molecule has 0 spiro atoms. The third-order valence-electron chi connectivity index (χ3n) is 5.14. The maximum absolute atomic E-state index is 12.5. The number of carbonyl (C=O) groups excluding carboxylic acids is 1. The Bertz CT molecular complexity index is 1010. The zero-order chi connectivity index (χ0) is 21.8. The predicted octanol–water partition coefficient (Wildman–Crippen LogP) is 6.05. The van der Waals surface area contributed by atoms with Gasteiger partial charge in [0.25, 0.3) is 0 Å². The quantitative estimate of drug-likeness (QED) is 0.400. The molecular weight excluding hydrogens is 380 g/mol. The van der Waals surface area contributed by atoms with Gasteiger partial charge in [-0.2, -0.15) is 0 Å². The highest BCUT2D eigenvalue weighted by Crippen LogP contribution is 2.42. The highest BCUT2D eigenvalue weighted by Gasteiger charge is 2.31. The first-order valence-electron chi connectivity index (χ1n) is 10.1. The van der Waals surface area contributed by atoms with E-state index in [2.05, 4.69) is 19.9 Å². The molecule has 0 saturated heterocycles. The normalized spacial score (nSPS) is 16.0. The number of phenolic OH excluding ortho intramolecular Hbond substituents is 3. The van der Waals surface area contributed by atoms with Crippen LogP contribution in [0.1, 0.15) is 74.0 Å². The summed E-state index contributed by atoms with van der Waals surface area (Å²) in [7, 11) is 0. The molecule has 3 rings (SSSR count). The zero-order valence-corrected chi connectivity index (χ0v) is 17.6. The van der Waals surface area contributed by atoms with Crippen molar-refractivity contribution in [3.05, 3.63) is 64.2 Å². The maximum atomic E-state index is 12.5. The lowest BCUT2D eigenvalue weighted by atomic mass is 9.94. The number of phenols is 3. The number of fused-ring (bicyclic) bond motifs is 1. The molecule has 0 unspecified atom stereocenters. The van der Waals surface area contributed by atoms with E-state index >= 15 is 0 Å². The molecule has 0 amide bonds. The molecule has 1 atom stereocenters. The van der Waals surface area contributed by atoms with Gasteiger partial charge >= 0.3 is 0 Å². The summed E-state index contributed by atoms with van der Waals surface area (Å²) in [6, 6.07) is 7.60. The first-order chi connectivity index (χ1) is 14.2. The second-order valence-corrected chi connectivity index (χ2v) is 8.05. The van der Waals surface area contributed by atoms with Gasteiger partial charge < -0.3 is 20.1 Å². The van der Waals surface area contributed by atoms with E-state index in [1.807, 2.05) is 19.1 Å². The first kappa shape index (κ1) is 21.5. The van der Waals surface area contributed by atoms with Crippen molar-refractivity contribution in [1.82, 2.24) is 0 Å². The number of ether oxygens (including phenoxy) is 1. The lowest BCUT2D eigenvalue weighted by Crippen LogP contribution is -2.20. The molecule has 158 valence electrons. The van der Waals surface area contributed by atoms with E-state index in [9.17, 15) is 20.1 Å². The van der Waals surface area contributed by atoms with Crippen molar-refractivity contribution in [1.29, 1.82) is 0 Å². The summed E-state index contributed by atoms with van der Waals surface area (Å²) in [4.78, 5) is 12.5. The topological polar surface area (TPSA) is 87.0 Å². The Kier molecular flexibility index (Phi) is 6.50. The molecule has 0 saturated carbocycles. The minimum atomic E-state index is -0.558. The van der Waals surface area contributed by atoms with Gasteiger partial charge in [-0.3, -0.25) is 4.79 Å². The summed E-state index contributed by atoms with van der Waals surface area (Å²) < 4.78 is 5.90. The highest BCUT2D eigenvalue weighted by molar-refractivity contribution is 6.02.